The van der Waals surface area contributed by atoms with Crippen LogP contribution in [0.5, 0.6) is 0 Å². The Bertz CT molecular complexity index is 1060. The van der Waals surface area contributed by atoms with Gasteiger partial charge < -0.3 is 19.9 Å². The highest BCUT2D eigenvalue weighted by molar-refractivity contribution is 5.84. The zero-order valence-corrected chi connectivity index (χ0v) is 29.5. The number of carbonyl (C=O) groups is 3. The largest absolute Gasteiger partial charge is 0.462 e. The number of carbonyl (C=O) groups excluding carboxylic acids is 3. The lowest BCUT2D eigenvalue weighted by atomic mass is 9.43. The summed E-state index contributed by atoms with van der Waals surface area (Å²) < 4.78 is 11.5. The van der Waals surface area contributed by atoms with Crippen molar-refractivity contribution in [1.29, 1.82) is 0 Å². The summed E-state index contributed by atoms with van der Waals surface area (Å²) in [5.74, 6) is 2.26. The van der Waals surface area contributed by atoms with Gasteiger partial charge in [0.05, 0.1) is 11.5 Å². The minimum absolute atomic E-state index is 0.0164. The van der Waals surface area contributed by atoms with Gasteiger partial charge >= 0.3 is 11.9 Å². The lowest BCUT2D eigenvalue weighted by molar-refractivity contribution is -0.185. The van der Waals surface area contributed by atoms with Gasteiger partial charge in [-0.1, -0.05) is 27.7 Å². The number of fused-ring (bicyclic) bond motifs is 5. The molecule has 252 valence electrons. The van der Waals surface area contributed by atoms with E-state index in [0.29, 0.717) is 41.9 Å². The Morgan fingerprint density at radius 2 is 1.64 bits per heavy atom. The van der Waals surface area contributed by atoms with Crippen molar-refractivity contribution in [3.63, 3.8) is 0 Å². The summed E-state index contributed by atoms with van der Waals surface area (Å²) in [5.41, 5.74) is -0.978. The van der Waals surface area contributed by atoms with Gasteiger partial charge in [-0.25, -0.2) is 4.79 Å². The molecule has 4 rings (SSSR count). The molecular formula is C37H63NO6. The fourth-order valence-electron chi connectivity index (χ4n) is 10.0. The van der Waals surface area contributed by atoms with E-state index in [1.807, 2.05) is 41.5 Å². The van der Waals surface area contributed by atoms with Crippen molar-refractivity contribution in [3.05, 3.63) is 0 Å². The van der Waals surface area contributed by atoms with Crippen LogP contribution >= 0.6 is 0 Å². The molecule has 7 heteroatoms. The average Bonchev–Trinajstić information content (AvgIpc) is 3.30. The Kier molecular flexibility index (Phi) is 10.3. The highest BCUT2D eigenvalue weighted by Crippen LogP contribution is 2.68. The summed E-state index contributed by atoms with van der Waals surface area (Å²) in [7, 11) is 0. The first-order valence-corrected chi connectivity index (χ1v) is 17.7. The van der Waals surface area contributed by atoms with Crippen LogP contribution in [0.25, 0.3) is 0 Å². The molecule has 2 N–H and O–H groups in total. The van der Waals surface area contributed by atoms with E-state index in [1.165, 1.54) is 12.8 Å². The maximum atomic E-state index is 12.8. The van der Waals surface area contributed by atoms with Crippen LogP contribution in [0.3, 0.4) is 0 Å². The Balaban J connectivity index is 1.36. The molecule has 4 fully saturated rings. The molecule has 0 aromatic heterocycles. The number of nitrogens with one attached hydrogen (secondary N) is 1. The number of rotatable bonds is 9. The number of aliphatic hydroxyl groups is 1. The van der Waals surface area contributed by atoms with Gasteiger partial charge in [0, 0.05) is 6.42 Å². The lowest BCUT2D eigenvalue weighted by Gasteiger charge is -2.62. The van der Waals surface area contributed by atoms with Crippen LogP contribution in [-0.2, 0) is 23.9 Å². The molecule has 0 aromatic carbocycles. The Hall–Kier alpha value is -1.63. The van der Waals surface area contributed by atoms with Crippen molar-refractivity contribution in [2.24, 2.45) is 51.8 Å². The number of amides is 1. The number of aliphatic hydroxyl groups excluding tert-OH is 1. The molecular weight excluding hydrogens is 554 g/mol. The van der Waals surface area contributed by atoms with Crippen LogP contribution < -0.4 is 5.32 Å². The molecule has 0 bridgehead atoms. The van der Waals surface area contributed by atoms with Crippen molar-refractivity contribution < 1.29 is 29.0 Å². The molecule has 44 heavy (non-hydrogen) atoms. The minimum Gasteiger partial charge on any atom is -0.462 e. The molecule has 7 nitrogen and oxygen atoms in total. The Labute approximate surface area is 267 Å². The van der Waals surface area contributed by atoms with E-state index >= 15 is 0 Å². The van der Waals surface area contributed by atoms with Gasteiger partial charge in [0.15, 0.2) is 0 Å². The summed E-state index contributed by atoms with van der Waals surface area (Å²) in [6.45, 7) is 20.2. The summed E-state index contributed by atoms with van der Waals surface area (Å²) in [4.78, 5) is 37.9. The lowest BCUT2D eigenvalue weighted by Crippen LogP contribution is -2.59. The highest BCUT2D eigenvalue weighted by atomic mass is 16.6. The van der Waals surface area contributed by atoms with Gasteiger partial charge in [0.25, 0.3) is 0 Å². The van der Waals surface area contributed by atoms with Crippen LogP contribution in [-0.4, -0.2) is 46.8 Å². The molecule has 0 spiro atoms. The van der Waals surface area contributed by atoms with Crippen LogP contribution in [0.4, 0.5) is 0 Å². The standard InChI is InChI=1S/C37H63NO6/c1-11-35(7,8)33(42)43-25-18-19-36(9)24(20-25)13-14-26-28-16-15-27(37(28,10)30(39)21-29(26)36)22(2)12-17-31(40)38-23(3)32(41)44-34(4,5)6/h22-30,39H,11-21H2,1-10H3,(H,38,40). The van der Waals surface area contributed by atoms with Crippen molar-refractivity contribution >= 4 is 17.8 Å². The zero-order chi connectivity index (χ0) is 32.8. The molecule has 4 aliphatic rings. The molecule has 0 aromatic rings. The second-order valence-electron chi connectivity index (χ2n) is 17.3. The normalized spacial score (nSPS) is 38.4. The van der Waals surface area contributed by atoms with E-state index in [0.717, 1.165) is 51.4 Å². The Morgan fingerprint density at radius 3 is 2.27 bits per heavy atom. The monoisotopic (exact) mass is 617 g/mol. The third-order valence-corrected chi connectivity index (χ3v) is 13.2. The molecule has 11 atom stereocenters. The van der Waals surface area contributed by atoms with Crippen LogP contribution in [0.2, 0.25) is 0 Å². The summed E-state index contributed by atoms with van der Waals surface area (Å²) >= 11 is 0. The number of hydrogen-bond donors (Lipinski definition) is 2. The maximum Gasteiger partial charge on any atom is 0.328 e. The first kappa shape index (κ1) is 35.2. The van der Waals surface area contributed by atoms with Crippen molar-refractivity contribution in [2.75, 3.05) is 0 Å². The number of hydrogen-bond acceptors (Lipinski definition) is 6. The second-order valence-corrected chi connectivity index (χ2v) is 17.3. The number of esters is 2. The third-order valence-electron chi connectivity index (χ3n) is 13.2. The topological polar surface area (TPSA) is 102 Å². The molecule has 0 saturated heterocycles. The fourth-order valence-corrected chi connectivity index (χ4v) is 10.0. The maximum absolute atomic E-state index is 12.8. The van der Waals surface area contributed by atoms with Gasteiger partial charge in [0.2, 0.25) is 5.91 Å². The van der Waals surface area contributed by atoms with E-state index in [4.69, 9.17) is 9.47 Å². The van der Waals surface area contributed by atoms with E-state index in [1.54, 1.807) is 6.92 Å². The van der Waals surface area contributed by atoms with E-state index in [9.17, 15) is 19.5 Å². The van der Waals surface area contributed by atoms with Crippen LogP contribution in [0.15, 0.2) is 0 Å². The molecule has 0 aliphatic heterocycles. The fraction of sp³-hybridized carbons (Fsp3) is 0.919. The molecule has 0 heterocycles. The van der Waals surface area contributed by atoms with Gasteiger partial charge in [0.1, 0.15) is 17.7 Å². The van der Waals surface area contributed by atoms with Crippen molar-refractivity contribution in [2.45, 2.75) is 164 Å². The van der Waals surface area contributed by atoms with Gasteiger partial charge in [-0.05, 0) is 152 Å². The average molecular weight is 618 g/mol. The van der Waals surface area contributed by atoms with Gasteiger partial charge in [-0.3, -0.25) is 9.59 Å². The van der Waals surface area contributed by atoms with E-state index in [-0.39, 0.29) is 34.9 Å². The van der Waals surface area contributed by atoms with E-state index in [2.05, 4.69) is 26.1 Å². The van der Waals surface area contributed by atoms with Gasteiger partial charge in [-0.15, -0.1) is 0 Å². The van der Waals surface area contributed by atoms with Crippen LogP contribution in [0, 0.1) is 51.8 Å². The minimum atomic E-state index is -0.677. The van der Waals surface area contributed by atoms with E-state index < -0.39 is 23.0 Å². The van der Waals surface area contributed by atoms with Crippen LogP contribution in [0.1, 0.15) is 140 Å². The van der Waals surface area contributed by atoms with Crippen molar-refractivity contribution in [1.82, 2.24) is 5.32 Å². The quantitative estimate of drug-likeness (QED) is 0.265. The molecule has 11 unspecified atom stereocenters. The zero-order valence-electron chi connectivity index (χ0n) is 29.5. The first-order valence-electron chi connectivity index (χ1n) is 17.7. The second kappa shape index (κ2) is 12.9. The molecule has 0 radical (unpaired) electrons. The Morgan fingerprint density at radius 1 is 0.955 bits per heavy atom. The predicted octanol–water partition coefficient (Wildman–Crippen LogP) is 7.23. The smallest absolute Gasteiger partial charge is 0.328 e. The molecule has 4 aliphatic carbocycles. The molecule has 1 amide bonds. The SMILES string of the molecule is CCC(C)(C)C(=O)OC1CCC2(C)C(CCC3C2CC(O)C2(C)C(C(C)CCC(=O)NC(C)C(=O)OC(C)(C)C)CCC32)C1. The first-order chi connectivity index (χ1) is 20.3. The molecule has 4 saturated carbocycles. The third kappa shape index (κ3) is 6.88. The summed E-state index contributed by atoms with van der Waals surface area (Å²) in [6, 6.07) is -0.677. The van der Waals surface area contributed by atoms with Crippen molar-refractivity contribution in [3.8, 4) is 0 Å². The van der Waals surface area contributed by atoms with Gasteiger partial charge in [-0.2, -0.15) is 0 Å². The highest BCUT2D eigenvalue weighted by Gasteiger charge is 2.64. The summed E-state index contributed by atoms with van der Waals surface area (Å²) in [5, 5.41) is 14.8. The summed E-state index contributed by atoms with van der Waals surface area (Å²) in [6.07, 6.45) is 10.0. The number of ether oxygens (including phenoxy) is 2. The predicted molar refractivity (Wildman–Crippen MR) is 172 cm³/mol.